The van der Waals surface area contributed by atoms with Crippen LogP contribution in [0, 0.1) is 0 Å². The van der Waals surface area contributed by atoms with Gasteiger partial charge in [-0.2, -0.15) is 0 Å². The van der Waals surface area contributed by atoms with E-state index in [-0.39, 0.29) is 5.91 Å². The Kier molecular flexibility index (Phi) is 3.53. The van der Waals surface area contributed by atoms with E-state index >= 15 is 0 Å². The molecule has 1 aromatic carbocycles. The normalized spacial score (nSPS) is 26.5. The van der Waals surface area contributed by atoms with E-state index < -0.39 is 0 Å². The highest BCUT2D eigenvalue weighted by Gasteiger charge is 2.36. The van der Waals surface area contributed by atoms with E-state index in [0.29, 0.717) is 11.6 Å². The Morgan fingerprint density at radius 3 is 2.79 bits per heavy atom. The smallest absolute Gasteiger partial charge is 0.248 e. The fraction of sp³-hybridized carbons (Fsp3) is 0.533. The van der Waals surface area contributed by atoms with Crippen molar-refractivity contribution in [2.75, 3.05) is 13.1 Å². The summed E-state index contributed by atoms with van der Waals surface area (Å²) >= 11 is 0. The minimum absolute atomic E-state index is 0.364. The van der Waals surface area contributed by atoms with Crippen molar-refractivity contribution in [3.8, 4) is 0 Å². The molecule has 3 N–H and O–H groups in total. The molecule has 102 valence electrons. The van der Waals surface area contributed by atoms with Gasteiger partial charge in [0.05, 0.1) is 0 Å². The standard InChI is InChI=1S/C15H21N3O/c16-15(19)12-5-3-11(4-6-12)10-17-13-7-9-18-8-1-2-14(13)18/h3-6,13-14,17H,1-2,7-10H2,(H2,16,19). The van der Waals surface area contributed by atoms with E-state index in [1.807, 2.05) is 12.1 Å². The monoisotopic (exact) mass is 259 g/mol. The number of nitrogens with zero attached hydrogens (tertiary/aromatic N) is 1. The molecule has 2 aliphatic rings. The van der Waals surface area contributed by atoms with E-state index in [1.165, 1.54) is 37.9 Å². The summed E-state index contributed by atoms with van der Waals surface area (Å²) in [6, 6.07) is 8.93. The van der Waals surface area contributed by atoms with Gasteiger partial charge >= 0.3 is 0 Å². The zero-order valence-electron chi connectivity index (χ0n) is 11.1. The maximum atomic E-state index is 11.0. The summed E-state index contributed by atoms with van der Waals surface area (Å²) in [6.45, 7) is 3.38. The summed E-state index contributed by atoms with van der Waals surface area (Å²) in [5.41, 5.74) is 7.02. The first-order valence-electron chi connectivity index (χ1n) is 7.10. The van der Waals surface area contributed by atoms with Gasteiger partial charge in [0, 0.05) is 30.7 Å². The number of hydrogen-bond acceptors (Lipinski definition) is 3. The molecule has 0 aliphatic carbocycles. The Morgan fingerprint density at radius 2 is 2.05 bits per heavy atom. The molecule has 2 atom stereocenters. The Hall–Kier alpha value is -1.39. The van der Waals surface area contributed by atoms with Crippen molar-refractivity contribution in [3.63, 3.8) is 0 Å². The third-order valence-corrected chi connectivity index (χ3v) is 4.41. The van der Waals surface area contributed by atoms with Crippen LogP contribution >= 0.6 is 0 Å². The van der Waals surface area contributed by atoms with E-state index in [4.69, 9.17) is 5.73 Å². The number of carbonyl (C=O) groups excluding carboxylic acids is 1. The lowest BCUT2D eigenvalue weighted by molar-refractivity contribution is 0.100. The number of nitrogens with two attached hydrogens (primary N) is 1. The third-order valence-electron chi connectivity index (χ3n) is 4.41. The number of carbonyl (C=O) groups is 1. The van der Waals surface area contributed by atoms with Gasteiger partial charge < -0.3 is 11.1 Å². The summed E-state index contributed by atoms with van der Waals surface area (Å²) in [7, 11) is 0. The highest BCUT2D eigenvalue weighted by atomic mass is 16.1. The first kappa shape index (κ1) is 12.6. The summed E-state index contributed by atoms with van der Waals surface area (Å²) in [5.74, 6) is -0.364. The van der Waals surface area contributed by atoms with Gasteiger partial charge in [0.2, 0.25) is 5.91 Å². The Bertz CT molecular complexity index is 457. The highest BCUT2D eigenvalue weighted by Crippen LogP contribution is 2.28. The lowest BCUT2D eigenvalue weighted by Crippen LogP contribution is -2.38. The fourth-order valence-corrected chi connectivity index (χ4v) is 3.36. The molecule has 1 aromatic rings. The van der Waals surface area contributed by atoms with Crippen LogP contribution in [0.2, 0.25) is 0 Å². The van der Waals surface area contributed by atoms with Crippen molar-refractivity contribution in [3.05, 3.63) is 35.4 Å². The number of rotatable bonds is 4. The molecule has 2 saturated heterocycles. The van der Waals surface area contributed by atoms with E-state index in [2.05, 4.69) is 10.2 Å². The van der Waals surface area contributed by atoms with Gasteiger partial charge in [-0.05, 0) is 43.5 Å². The molecule has 19 heavy (non-hydrogen) atoms. The second-order valence-electron chi connectivity index (χ2n) is 5.58. The Labute approximate surface area is 114 Å². The average molecular weight is 259 g/mol. The van der Waals surface area contributed by atoms with Crippen molar-refractivity contribution in [1.29, 1.82) is 0 Å². The third kappa shape index (κ3) is 2.65. The molecular weight excluding hydrogens is 238 g/mol. The van der Waals surface area contributed by atoms with E-state index in [1.54, 1.807) is 12.1 Å². The first-order valence-corrected chi connectivity index (χ1v) is 7.10. The van der Waals surface area contributed by atoms with Gasteiger partial charge in [-0.1, -0.05) is 12.1 Å². The van der Waals surface area contributed by atoms with Gasteiger partial charge in [0.1, 0.15) is 0 Å². The van der Waals surface area contributed by atoms with Crippen LogP contribution < -0.4 is 11.1 Å². The molecule has 0 bridgehead atoms. The predicted octanol–water partition coefficient (Wildman–Crippen LogP) is 1.11. The molecule has 0 aromatic heterocycles. The largest absolute Gasteiger partial charge is 0.366 e. The van der Waals surface area contributed by atoms with E-state index in [0.717, 1.165) is 12.6 Å². The number of hydrogen-bond donors (Lipinski definition) is 2. The number of amides is 1. The number of primary amides is 1. The molecule has 0 radical (unpaired) electrons. The van der Waals surface area contributed by atoms with Crippen molar-refractivity contribution in [2.24, 2.45) is 5.73 Å². The van der Waals surface area contributed by atoms with Crippen LogP contribution in [0.1, 0.15) is 35.2 Å². The summed E-state index contributed by atoms with van der Waals surface area (Å²) in [6.07, 6.45) is 3.93. The molecule has 0 saturated carbocycles. The van der Waals surface area contributed by atoms with E-state index in [9.17, 15) is 4.79 Å². The van der Waals surface area contributed by atoms with Crippen molar-refractivity contribution in [1.82, 2.24) is 10.2 Å². The Balaban J connectivity index is 1.56. The summed E-state index contributed by atoms with van der Waals surface area (Å²) in [5, 5.41) is 3.66. The average Bonchev–Trinajstić information content (AvgIpc) is 3.00. The van der Waals surface area contributed by atoms with Crippen LogP contribution in [-0.4, -0.2) is 36.0 Å². The fourth-order valence-electron chi connectivity index (χ4n) is 3.36. The molecular formula is C15H21N3O. The number of benzene rings is 1. The lowest BCUT2D eigenvalue weighted by Gasteiger charge is -2.21. The molecule has 1 amide bonds. The number of fused-ring (bicyclic) bond motifs is 1. The molecule has 2 unspecified atom stereocenters. The minimum Gasteiger partial charge on any atom is -0.366 e. The molecule has 4 nitrogen and oxygen atoms in total. The molecule has 2 heterocycles. The minimum atomic E-state index is -0.364. The van der Waals surface area contributed by atoms with Gasteiger partial charge in [0.25, 0.3) is 0 Å². The molecule has 2 aliphatic heterocycles. The molecule has 2 fully saturated rings. The van der Waals surface area contributed by atoms with Crippen LogP contribution in [0.3, 0.4) is 0 Å². The molecule has 0 spiro atoms. The lowest BCUT2D eigenvalue weighted by atomic mass is 10.1. The SMILES string of the molecule is NC(=O)c1ccc(CNC2CCN3CCCC23)cc1. The maximum absolute atomic E-state index is 11.0. The van der Waals surface area contributed by atoms with Crippen molar-refractivity contribution in [2.45, 2.75) is 37.9 Å². The van der Waals surface area contributed by atoms with Crippen LogP contribution in [0.4, 0.5) is 0 Å². The number of nitrogens with one attached hydrogen (secondary N) is 1. The van der Waals surface area contributed by atoms with Gasteiger partial charge in [-0.3, -0.25) is 9.69 Å². The maximum Gasteiger partial charge on any atom is 0.248 e. The van der Waals surface area contributed by atoms with Crippen molar-refractivity contribution >= 4 is 5.91 Å². The predicted molar refractivity (Wildman–Crippen MR) is 74.8 cm³/mol. The van der Waals surface area contributed by atoms with Gasteiger partial charge in [-0.15, -0.1) is 0 Å². The zero-order valence-corrected chi connectivity index (χ0v) is 11.1. The van der Waals surface area contributed by atoms with Crippen molar-refractivity contribution < 1.29 is 4.79 Å². The van der Waals surface area contributed by atoms with Crippen LogP contribution in [0.15, 0.2) is 24.3 Å². The second-order valence-corrected chi connectivity index (χ2v) is 5.58. The first-order chi connectivity index (χ1) is 9.24. The zero-order chi connectivity index (χ0) is 13.2. The van der Waals surface area contributed by atoms with Crippen LogP contribution in [0.25, 0.3) is 0 Å². The highest BCUT2D eigenvalue weighted by molar-refractivity contribution is 5.92. The van der Waals surface area contributed by atoms with Crippen LogP contribution in [0.5, 0.6) is 0 Å². The Morgan fingerprint density at radius 1 is 1.26 bits per heavy atom. The molecule has 3 rings (SSSR count). The summed E-state index contributed by atoms with van der Waals surface area (Å²) < 4.78 is 0. The van der Waals surface area contributed by atoms with Gasteiger partial charge in [-0.25, -0.2) is 0 Å². The van der Waals surface area contributed by atoms with Crippen LogP contribution in [-0.2, 0) is 6.54 Å². The van der Waals surface area contributed by atoms with Gasteiger partial charge in [0.15, 0.2) is 0 Å². The second kappa shape index (κ2) is 5.31. The quantitative estimate of drug-likeness (QED) is 0.851. The summed E-state index contributed by atoms with van der Waals surface area (Å²) in [4.78, 5) is 13.6. The topological polar surface area (TPSA) is 58.4 Å². The molecule has 4 heteroatoms.